The number of carbonyl (C=O) groups is 2. The fourth-order valence-corrected chi connectivity index (χ4v) is 5.67. The summed E-state index contributed by atoms with van der Waals surface area (Å²) < 4.78 is 94.6. The van der Waals surface area contributed by atoms with E-state index in [0.717, 1.165) is 18.2 Å². The molecule has 2 aliphatic rings. The first-order valence-corrected chi connectivity index (χ1v) is 14.4. The van der Waals surface area contributed by atoms with Crippen molar-refractivity contribution in [1.29, 1.82) is 0 Å². The van der Waals surface area contributed by atoms with Crippen LogP contribution in [0.2, 0.25) is 0 Å². The molecule has 1 saturated heterocycles. The molecule has 1 aliphatic heterocycles. The molecule has 1 atom stereocenters. The molecular formula is C32H29F6N5O4. The quantitative estimate of drug-likeness (QED) is 0.296. The molecule has 9 nitrogen and oxygen atoms in total. The number of nitrogens with two attached hydrogens (primary N) is 2. The Kier molecular flexibility index (Phi) is 9.68. The molecule has 1 aromatic heterocycles. The molecule has 1 saturated carbocycles. The fourth-order valence-electron chi connectivity index (χ4n) is 5.67. The van der Waals surface area contributed by atoms with E-state index in [1.807, 2.05) is 0 Å². The molecule has 1 aliphatic carbocycles. The third-order valence-corrected chi connectivity index (χ3v) is 7.80. The van der Waals surface area contributed by atoms with Gasteiger partial charge in [0.25, 0.3) is 5.91 Å². The lowest BCUT2D eigenvalue weighted by Crippen LogP contribution is -2.40. The lowest BCUT2D eigenvalue weighted by atomic mass is 9.86. The van der Waals surface area contributed by atoms with Crippen LogP contribution < -0.4 is 16.8 Å². The molecule has 2 fully saturated rings. The number of hydrogen-bond acceptors (Lipinski definition) is 7. The van der Waals surface area contributed by atoms with Crippen LogP contribution >= 0.6 is 0 Å². The first-order valence-electron chi connectivity index (χ1n) is 14.4. The molecule has 3 aromatic rings. The molecular weight excluding hydrogens is 632 g/mol. The van der Waals surface area contributed by atoms with Crippen molar-refractivity contribution in [3.63, 3.8) is 0 Å². The van der Waals surface area contributed by atoms with E-state index in [9.17, 15) is 35.9 Å². The zero-order chi connectivity index (χ0) is 33.9. The number of nitrogens with zero attached hydrogens (tertiary/aromatic N) is 2. The van der Waals surface area contributed by atoms with Crippen LogP contribution in [0.3, 0.4) is 0 Å². The average Bonchev–Trinajstić information content (AvgIpc) is 3.46. The van der Waals surface area contributed by atoms with Gasteiger partial charge in [-0.1, -0.05) is 12.1 Å². The van der Waals surface area contributed by atoms with Crippen molar-refractivity contribution < 1.29 is 45.4 Å². The van der Waals surface area contributed by atoms with Crippen molar-refractivity contribution in [2.24, 2.45) is 16.5 Å². The third kappa shape index (κ3) is 7.80. The maximum atomic E-state index is 14.3. The molecule has 0 unspecified atom stereocenters. The molecule has 47 heavy (non-hydrogen) atoms. The number of alkyl halides is 3. The lowest BCUT2D eigenvalue weighted by molar-refractivity contribution is -0.162. The van der Waals surface area contributed by atoms with E-state index in [-0.39, 0.29) is 61.4 Å². The van der Waals surface area contributed by atoms with Crippen LogP contribution in [0.25, 0.3) is 11.1 Å². The second-order valence-electron chi connectivity index (χ2n) is 11.0. The Morgan fingerprint density at radius 1 is 1.02 bits per heavy atom. The van der Waals surface area contributed by atoms with Crippen LogP contribution in [0.4, 0.5) is 26.3 Å². The Balaban J connectivity index is 1.47. The molecule has 1 spiro atoms. The van der Waals surface area contributed by atoms with Gasteiger partial charge in [-0.05, 0) is 54.3 Å². The SMILES string of the molecule is NC(=O)c1cc(-c2cccnc2[C@H](Cc2cc(F)cc(F)c2)NC(=O)CN=C2CCC3(CC2=C(N)C(F)(F)F)OCCO3)ccc1F. The lowest BCUT2D eigenvalue weighted by Gasteiger charge is -2.34. The summed E-state index contributed by atoms with van der Waals surface area (Å²) in [7, 11) is 0. The van der Waals surface area contributed by atoms with Gasteiger partial charge in [0, 0.05) is 42.0 Å². The summed E-state index contributed by atoms with van der Waals surface area (Å²) in [6.45, 7) is -0.207. The Morgan fingerprint density at radius 2 is 1.72 bits per heavy atom. The number of ether oxygens (including phenoxy) is 2. The van der Waals surface area contributed by atoms with Crippen molar-refractivity contribution >= 4 is 17.5 Å². The number of nitrogens with one attached hydrogen (secondary N) is 1. The predicted octanol–water partition coefficient (Wildman–Crippen LogP) is 4.81. The van der Waals surface area contributed by atoms with E-state index >= 15 is 0 Å². The van der Waals surface area contributed by atoms with Gasteiger partial charge < -0.3 is 26.3 Å². The monoisotopic (exact) mass is 661 g/mol. The van der Waals surface area contributed by atoms with E-state index in [0.29, 0.717) is 17.2 Å². The van der Waals surface area contributed by atoms with E-state index in [1.54, 1.807) is 12.1 Å². The smallest absolute Gasteiger partial charge is 0.394 e. The summed E-state index contributed by atoms with van der Waals surface area (Å²) in [4.78, 5) is 33.7. The average molecular weight is 662 g/mol. The predicted molar refractivity (Wildman–Crippen MR) is 157 cm³/mol. The van der Waals surface area contributed by atoms with Crippen LogP contribution in [0, 0.1) is 17.5 Å². The van der Waals surface area contributed by atoms with Crippen molar-refractivity contribution in [2.45, 2.75) is 43.7 Å². The van der Waals surface area contributed by atoms with E-state index in [1.165, 1.54) is 18.3 Å². The fraction of sp³-hybridized carbons (Fsp3) is 0.312. The molecule has 2 amide bonds. The zero-order valence-electron chi connectivity index (χ0n) is 24.7. The maximum absolute atomic E-state index is 14.3. The Morgan fingerprint density at radius 3 is 2.38 bits per heavy atom. The molecule has 0 bridgehead atoms. The molecule has 5 rings (SSSR count). The molecule has 0 radical (unpaired) electrons. The highest BCUT2D eigenvalue weighted by Gasteiger charge is 2.45. The summed E-state index contributed by atoms with van der Waals surface area (Å²) in [5.74, 6) is -5.63. The minimum atomic E-state index is -4.87. The number of aliphatic imine (C=N–C) groups is 1. The van der Waals surface area contributed by atoms with Crippen molar-refractivity contribution in [3.8, 4) is 11.1 Å². The molecule has 5 N–H and O–H groups in total. The van der Waals surface area contributed by atoms with Gasteiger partial charge in [-0.3, -0.25) is 19.6 Å². The second-order valence-corrected chi connectivity index (χ2v) is 11.0. The number of amides is 2. The Labute approximate surface area is 264 Å². The molecule has 2 heterocycles. The summed E-state index contributed by atoms with van der Waals surface area (Å²) in [5.41, 5.74) is 9.63. The minimum absolute atomic E-state index is 0.0114. The van der Waals surface area contributed by atoms with Gasteiger partial charge in [-0.25, -0.2) is 13.2 Å². The largest absolute Gasteiger partial charge is 0.431 e. The van der Waals surface area contributed by atoms with E-state index in [2.05, 4.69) is 15.3 Å². The highest BCUT2D eigenvalue weighted by atomic mass is 19.4. The van der Waals surface area contributed by atoms with Crippen molar-refractivity contribution in [2.75, 3.05) is 19.8 Å². The van der Waals surface area contributed by atoms with Gasteiger partial charge in [-0.15, -0.1) is 0 Å². The number of allylic oxidation sites excluding steroid dienone is 1. The van der Waals surface area contributed by atoms with Gasteiger partial charge in [0.1, 0.15) is 29.7 Å². The Bertz CT molecular complexity index is 1730. The Hall–Kier alpha value is -4.76. The highest BCUT2D eigenvalue weighted by molar-refractivity contribution is 6.02. The van der Waals surface area contributed by atoms with Gasteiger partial charge in [0.05, 0.1) is 30.5 Å². The molecule has 15 heteroatoms. The van der Waals surface area contributed by atoms with Crippen molar-refractivity contribution in [3.05, 3.63) is 100 Å². The number of aromatic nitrogens is 1. The number of primary amides is 1. The zero-order valence-corrected chi connectivity index (χ0v) is 24.7. The van der Waals surface area contributed by atoms with Crippen LogP contribution in [0.15, 0.2) is 71.0 Å². The van der Waals surface area contributed by atoms with Crippen LogP contribution in [-0.4, -0.2) is 54.2 Å². The summed E-state index contributed by atoms with van der Waals surface area (Å²) in [6.07, 6.45) is -3.79. The first-order chi connectivity index (χ1) is 22.2. The number of pyridine rings is 1. The third-order valence-electron chi connectivity index (χ3n) is 7.80. The standard InChI is InChI=1S/C32H29F6N5O4/c33-19-10-17(11-20(34)14-19)12-26(28-21(2-1-7-41-28)18-3-4-24(35)22(13-18)30(40)45)43-27(44)16-42-25-5-6-31(46-8-9-47-31)15-23(25)29(39)32(36,37)38/h1-4,7,10-11,13-14,26H,5-6,8-9,12,15-16,39H2,(H2,40,45)(H,43,44)/t26-/m0/s1. The second kappa shape index (κ2) is 13.5. The summed E-state index contributed by atoms with van der Waals surface area (Å²) >= 11 is 0. The van der Waals surface area contributed by atoms with Gasteiger partial charge >= 0.3 is 6.18 Å². The number of hydrogen-bond donors (Lipinski definition) is 3. The maximum Gasteiger partial charge on any atom is 0.431 e. The van der Waals surface area contributed by atoms with Crippen LogP contribution in [-0.2, 0) is 20.7 Å². The van der Waals surface area contributed by atoms with Gasteiger partial charge in [0.15, 0.2) is 5.79 Å². The van der Waals surface area contributed by atoms with Gasteiger partial charge in [-0.2, -0.15) is 13.2 Å². The van der Waals surface area contributed by atoms with Crippen LogP contribution in [0.5, 0.6) is 0 Å². The van der Waals surface area contributed by atoms with Crippen molar-refractivity contribution in [1.82, 2.24) is 10.3 Å². The van der Waals surface area contributed by atoms with E-state index < -0.39 is 65.1 Å². The summed E-state index contributed by atoms with van der Waals surface area (Å²) in [5, 5.41) is 2.70. The number of benzene rings is 2. The van der Waals surface area contributed by atoms with Gasteiger partial charge in [0.2, 0.25) is 5.91 Å². The minimum Gasteiger partial charge on any atom is -0.394 e. The first kappa shape index (κ1) is 33.6. The highest BCUT2D eigenvalue weighted by Crippen LogP contribution is 2.40. The normalized spacial score (nSPS) is 18.7. The topological polar surface area (TPSA) is 142 Å². The number of carbonyl (C=O) groups excluding carboxylic acids is 2. The van der Waals surface area contributed by atoms with Crippen LogP contribution in [0.1, 0.15) is 46.9 Å². The number of rotatable bonds is 8. The molecule has 2 aromatic carbocycles. The molecule has 248 valence electrons. The number of halogens is 6. The summed E-state index contributed by atoms with van der Waals surface area (Å²) in [6, 6.07) is 8.46. The van der Waals surface area contributed by atoms with E-state index in [4.69, 9.17) is 20.9 Å².